The van der Waals surface area contributed by atoms with Crippen molar-refractivity contribution < 1.29 is 0 Å². The molecule has 0 fully saturated rings. The minimum atomic E-state index is 0.267. The summed E-state index contributed by atoms with van der Waals surface area (Å²) >= 11 is 3.70. The van der Waals surface area contributed by atoms with Gasteiger partial charge in [-0.3, -0.25) is 0 Å². The lowest BCUT2D eigenvalue weighted by atomic mass is 9.98. The molecule has 0 saturated heterocycles. The molecule has 0 aliphatic heterocycles. The van der Waals surface area contributed by atoms with E-state index in [2.05, 4.69) is 85.2 Å². The van der Waals surface area contributed by atoms with Gasteiger partial charge in [0.2, 0.25) is 0 Å². The predicted molar refractivity (Wildman–Crippen MR) is 96.8 cm³/mol. The van der Waals surface area contributed by atoms with Crippen LogP contribution < -0.4 is 5.32 Å². The fraction of sp³-hybridized carbons (Fsp3) is 0.667. The van der Waals surface area contributed by atoms with Crippen LogP contribution in [0.15, 0.2) is 28.7 Å². The third-order valence-corrected chi connectivity index (χ3v) is 5.30. The number of benzene rings is 1. The van der Waals surface area contributed by atoms with Crippen LogP contribution in [0.1, 0.15) is 58.6 Å². The predicted octanol–water partition coefficient (Wildman–Crippen LogP) is 5.00. The average Bonchev–Trinajstić information content (AvgIpc) is 2.48. The van der Waals surface area contributed by atoms with Gasteiger partial charge in [0, 0.05) is 22.6 Å². The van der Waals surface area contributed by atoms with Gasteiger partial charge in [-0.1, -0.05) is 48.0 Å². The van der Waals surface area contributed by atoms with Crippen molar-refractivity contribution in [3.05, 3.63) is 34.3 Å². The van der Waals surface area contributed by atoms with Crippen LogP contribution in [0.5, 0.6) is 0 Å². The Labute approximate surface area is 139 Å². The first kappa shape index (κ1) is 18.7. The highest BCUT2D eigenvalue weighted by Gasteiger charge is 2.22. The molecule has 0 saturated carbocycles. The van der Waals surface area contributed by atoms with Crippen molar-refractivity contribution in [1.29, 1.82) is 0 Å². The second kappa shape index (κ2) is 8.92. The van der Waals surface area contributed by atoms with Gasteiger partial charge < -0.3 is 10.2 Å². The molecule has 0 heterocycles. The second-order valence-corrected chi connectivity index (χ2v) is 7.26. The molecular formula is C18H31BrN2. The van der Waals surface area contributed by atoms with Crippen molar-refractivity contribution in [2.24, 2.45) is 0 Å². The molecule has 2 nitrogen and oxygen atoms in total. The molecule has 0 aliphatic carbocycles. The number of hydrogen-bond acceptors (Lipinski definition) is 2. The third kappa shape index (κ3) is 5.72. The summed E-state index contributed by atoms with van der Waals surface area (Å²) in [7, 11) is 2.24. The molecule has 0 aliphatic rings. The Morgan fingerprint density at radius 1 is 1.24 bits per heavy atom. The Morgan fingerprint density at radius 2 is 1.90 bits per heavy atom. The minimum absolute atomic E-state index is 0.267. The van der Waals surface area contributed by atoms with Gasteiger partial charge in [-0.25, -0.2) is 0 Å². The van der Waals surface area contributed by atoms with E-state index in [0.29, 0.717) is 6.04 Å². The van der Waals surface area contributed by atoms with Gasteiger partial charge in [0.05, 0.1) is 0 Å². The van der Waals surface area contributed by atoms with Gasteiger partial charge in [0.1, 0.15) is 0 Å². The van der Waals surface area contributed by atoms with Crippen LogP contribution in [0.3, 0.4) is 0 Å². The topological polar surface area (TPSA) is 15.3 Å². The Hall–Kier alpha value is -0.380. The van der Waals surface area contributed by atoms with E-state index in [1.807, 2.05) is 0 Å². The van der Waals surface area contributed by atoms with Gasteiger partial charge in [-0.2, -0.15) is 0 Å². The molecule has 1 unspecified atom stereocenters. The van der Waals surface area contributed by atoms with E-state index < -0.39 is 0 Å². The molecule has 0 bridgehead atoms. The summed E-state index contributed by atoms with van der Waals surface area (Å²) in [5, 5.41) is 3.69. The molecule has 1 aromatic rings. The summed E-state index contributed by atoms with van der Waals surface area (Å²) in [6, 6.07) is 8.98. The van der Waals surface area contributed by atoms with Gasteiger partial charge in [-0.15, -0.1) is 0 Å². The first-order chi connectivity index (χ1) is 9.92. The standard InChI is InChI=1S/C18H31BrN2/c1-6-13-20-17(15-10-8-9-11-16(15)19)12-14-21(5)18(3,4)7-2/h8-11,17,20H,6-7,12-14H2,1-5H3. The summed E-state index contributed by atoms with van der Waals surface area (Å²) in [6.07, 6.45) is 3.46. The Morgan fingerprint density at radius 3 is 2.48 bits per heavy atom. The van der Waals surface area contributed by atoms with Crippen LogP contribution >= 0.6 is 15.9 Å². The molecule has 1 N–H and O–H groups in total. The quantitative estimate of drug-likeness (QED) is 0.671. The number of hydrogen-bond donors (Lipinski definition) is 1. The molecular weight excluding hydrogens is 324 g/mol. The van der Waals surface area contributed by atoms with E-state index in [1.165, 1.54) is 16.5 Å². The number of halogens is 1. The van der Waals surface area contributed by atoms with Crippen molar-refractivity contribution in [1.82, 2.24) is 10.2 Å². The number of rotatable bonds is 9. The van der Waals surface area contributed by atoms with Crippen molar-refractivity contribution in [3.63, 3.8) is 0 Å². The smallest absolute Gasteiger partial charge is 0.0343 e. The first-order valence-electron chi connectivity index (χ1n) is 8.11. The van der Waals surface area contributed by atoms with Crippen molar-refractivity contribution >= 4 is 15.9 Å². The lowest BCUT2D eigenvalue weighted by Gasteiger charge is -2.36. The molecule has 1 rings (SSSR count). The maximum absolute atomic E-state index is 3.70. The fourth-order valence-electron chi connectivity index (χ4n) is 2.34. The highest BCUT2D eigenvalue weighted by Crippen LogP contribution is 2.27. The zero-order valence-corrected chi connectivity index (χ0v) is 15.8. The molecule has 3 heteroatoms. The zero-order chi connectivity index (χ0) is 15.9. The van der Waals surface area contributed by atoms with E-state index in [-0.39, 0.29) is 5.54 Å². The summed E-state index contributed by atoms with van der Waals surface area (Å²) in [6.45, 7) is 11.3. The SMILES string of the molecule is CCCNC(CCN(C)C(C)(C)CC)c1ccccc1Br. The Balaban J connectivity index is 2.74. The summed E-state index contributed by atoms with van der Waals surface area (Å²) in [5.74, 6) is 0. The van der Waals surface area contributed by atoms with E-state index in [0.717, 1.165) is 25.9 Å². The van der Waals surface area contributed by atoms with Crippen LogP contribution in [0.4, 0.5) is 0 Å². The lowest BCUT2D eigenvalue weighted by molar-refractivity contribution is 0.144. The molecule has 21 heavy (non-hydrogen) atoms. The normalized spacial score (nSPS) is 13.7. The van der Waals surface area contributed by atoms with Gasteiger partial charge in [0.15, 0.2) is 0 Å². The minimum Gasteiger partial charge on any atom is -0.310 e. The maximum atomic E-state index is 3.70. The lowest BCUT2D eigenvalue weighted by Crippen LogP contribution is -2.42. The molecule has 0 spiro atoms. The molecule has 0 aromatic heterocycles. The summed E-state index contributed by atoms with van der Waals surface area (Å²) in [4.78, 5) is 2.48. The Kier molecular flexibility index (Phi) is 7.93. The molecule has 0 amide bonds. The van der Waals surface area contributed by atoms with Crippen LogP contribution in [-0.2, 0) is 0 Å². The van der Waals surface area contributed by atoms with Crippen LogP contribution in [0.25, 0.3) is 0 Å². The monoisotopic (exact) mass is 354 g/mol. The highest BCUT2D eigenvalue weighted by atomic mass is 79.9. The van der Waals surface area contributed by atoms with E-state index in [9.17, 15) is 0 Å². The van der Waals surface area contributed by atoms with Gasteiger partial charge in [-0.05, 0) is 58.3 Å². The van der Waals surface area contributed by atoms with Gasteiger partial charge in [0.25, 0.3) is 0 Å². The summed E-state index contributed by atoms with van der Waals surface area (Å²) in [5.41, 5.74) is 1.64. The molecule has 1 aromatic carbocycles. The van der Waals surface area contributed by atoms with Crippen LogP contribution in [-0.4, -0.2) is 30.6 Å². The highest BCUT2D eigenvalue weighted by molar-refractivity contribution is 9.10. The largest absolute Gasteiger partial charge is 0.310 e. The summed E-state index contributed by atoms with van der Waals surface area (Å²) < 4.78 is 1.20. The molecule has 1 atom stereocenters. The number of nitrogens with zero attached hydrogens (tertiary/aromatic N) is 1. The van der Waals surface area contributed by atoms with E-state index in [4.69, 9.17) is 0 Å². The second-order valence-electron chi connectivity index (χ2n) is 6.40. The van der Waals surface area contributed by atoms with Gasteiger partial charge >= 0.3 is 0 Å². The fourth-order valence-corrected chi connectivity index (χ4v) is 2.90. The van der Waals surface area contributed by atoms with Crippen molar-refractivity contribution in [2.75, 3.05) is 20.1 Å². The van der Waals surface area contributed by atoms with Crippen molar-refractivity contribution in [3.8, 4) is 0 Å². The molecule has 0 radical (unpaired) electrons. The van der Waals surface area contributed by atoms with E-state index >= 15 is 0 Å². The van der Waals surface area contributed by atoms with Crippen LogP contribution in [0, 0.1) is 0 Å². The first-order valence-corrected chi connectivity index (χ1v) is 8.90. The molecule has 120 valence electrons. The average molecular weight is 355 g/mol. The zero-order valence-electron chi connectivity index (χ0n) is 14.2. The van der Waals surface area contributed by atoms with Crippen molar-refractivity contribution in [2.45, 2.75) is 58.5 Å². The maximum Gasteiger partial charge on any atom is 0.0343 e. The third-order valence-electron chi connectivity index (χ3n) is 4.57. The van der Waals surface area contributed by atoms with Crippen LogP contribution in [0.2, 0.25) is 0 Å². The Bertz CT molecular complexity index is 417. The number of nitrogens with one attached hydrogen (secondary N) is 1. The van der Waals surface area contributed by atoms with E-state index in [1.54, 1.807) is 0 Å².